The van der Waals surface area contributed by atoms with E-state index in [0.717, 1.165) is 53.1 Å². The Kier molecular flexibility index (Phi) is 5.92. The minimum absolute atomic E-state index is 0.0807. The quantitative estimate of drug-likeness (QED) is 0.431. The fourth-order valence-electron chi connectivity index (χ4n) is 4.09. The lowest BCUT2D eigenvalue weighted by atomic mass is 10.0. The van der Waals surface area contributed by atoms with E-state index in [4.69, 9.17) is 14.5 Å². The van der Waals surface area contributed by atoms with Crippen molar-refractivity contribution in [3.63, 3.8) is 0 Å². The summed E-state index contributed by atoms with van der Waals surface area (Å²) in [7, 11) is 0. The molecule has 2 aromatic heterocycles. The van der Waals surface area contributed by atoms with Gasteiger partial charge in [-0.15, -0.1) is 0 Å². The number of imidazole rings is 1. The molecule has 0 radical (unpaired) electrons. The van der Waals surface area contributed by atoms with E-state index in [1.165, 1.54) is 0 Å². The van der Waals surface area contributed by atoms with Gasteiger partial charge in [0.05, 0.1) is 18.8 Å². The van der Waals surface area contributed by atoms with Crippen LogP contribution in [-0.2, 0) is 4.74 Å². The molecule has 33 heavy (non-hydrogen) atoms. The summed E-state index contributed by atoms with van der Waals surface area (Å²) in [5, 5.41) is 13.1. The smallest absolute Gasteiger partial charge is 0.158 e. The molecule has 5 rings (SSSR count). The van der Waals surface area contributed by atoms with Gasteiger partial charge in [0.25, 0.3) is 0 Å². The average molecular weight is 440 g/mol. The second kappa shape index (κ2) is 9.31. The molecule has 0 amide bonds. The predicted octanol–water partition coefficient (Wildman–Crippen LogP) is 5.15. The summed E-state index contributed by atoms with van der Waals surface area (Å²) in [6.07, 6.45) is 3.51. The number of benzene rings is 2. The molecule has 7 nitrogen and oxygen atoms in total. The van der Waals surface area contributed by atoms with Crippen molar-refractivity contribution < 1.29 is 9.47 Å². The highest BCUT2D eigenvalue weighted by Gasteiger charge is 2.18. The van der Waals surface area contributed by atoms with Crippen molar-refractivity contribution >= 4 is 16.9 Å². The third-order valence-corrected chi connectivity index (χ3v) is 5.80. The van der Waals surface area contributed by atoms with Crippen molar-refractivity contribution in [3.05, 3.63) is 60.3 Å². The van der Waals surface area contributed by atoms with Crippen LogP contribution in [0.1, 0.15) is 25.3 Å². The van der Waals surface area contributed by atoms with Crippen molar-refractivity contribution in [1.82, 2.24) is 15.0 Å². The molecule has 2 N–H and O–H groups in total. The van der Waals surface area contributed by atoms with Gasteiger partial charge in [-0.25, -0.2) is 9.97 Å². The Bertz CT molecular complexity index is 1300. The molecule has 1 saturated heterocycles. The molecule has 0 saturated carbocycles. The fourth-order valence-corrected chi connectivity index (χ4v) is 4.09. The van der Waals surface area contributed by atoms with Gasteiger partial charge in [0.15, 0.2) is 5.65 Å². The molecule has 0 bridgehead atoms. The summed E-state index contributed by atoms with van der Waals surface area (Å²) in [4.78, 5) is 12.6. The van der Waals surface area contributed by atoms with Crippen LogP contribution in [0.4, 0.5) is 5.69 Å². The summed E-state index contributed by atoms with van der Waals surface area (Å²) in [5.74, 6) is 1.37. The minimum Gasteiger partial charge on any atom is -0.489 e. The van der Waals surface area contributed by atoms with Gasteiger partial charge in [-0.2, -0.15) is 5.26 Å². The number of anilines is 1. The molecule has 7 heteroatoms. The topological polar surface area (TPSA) is 95.9 Å². The molecule has 0 aliphatic carbocycles. The minimum atomic E-state index is 0.0807. The van der Waals surface area contributed by atoms with Crippen LogP contribution in [0.15, 0.2) is 54.7 Å². The Labute approximate surface area is 192 Å². The van der Waals surface area contributed by atoms with Gasteiger partial charge >= 0.3 is 0 Å². The van der Waals surface area contributed by atoms with Crippen molar-refractivity contribution in [3.8, 4) is 34.3 Å². The van der Waals surface area contributed by atoms with Crippen LogP contribution in [0.25, 0.3) is 33.7 Å². The molecule has 1 fully saturated rings. The van der Waals surface area contributed by atoms with Gasteiger partial charge in [0.2, 0.25) is 0 Å². The number of aromatic nitrogens is 3. The number of H-pyrrole nitrogens is 1. The predicted molar refractivity (Wildman–Crippen MR) is 128 cm³/mol. The van der Waals surface area contributed by atoms with Gasteiger partial charge in [-0.05, 0) is 55.0 Å². The highest BCUT2D eigenvalue weighted by atomic mass is 16.5. The maximum absolute atomic E-state index is 9.75. The van der Waals surface area contributed by atoms with E-state index < -0.39 is 0 Å². The highest BCUT2D eigenvalue weighted by Crippen LogP contribution is 2.32. The number of pyridine rings is 1. The maximum Gasteiger partial charge on any atom is 0.158 e. The first-order chi connectivity index (χ1) is 16.2. The molecule has 1 aliphatic rings. The number of nitrogens with zero attached hydrogens (tertiary/aromatic N) is 3. The second-order valence-electron chi connectivity index (χ2n) is 8.00. The third kappa shape index (κ3) is 4.38. The molecule has 1 aliphatic heterocycles. The number of rotatable bonds is 6. The van der Waals surface area contributed by atoms with Crippen LogP contribution >= 0.6 is 0 Å². The standard InChI is InChI=1S/C26H25N5O2/c1-2-28-20-6-3-17(4-7-20)25-30-24-22(9-12-29-26(24)31-25)18-5-8-23(19(15-18)16-27)33-21-10-13-32-14-11-21/h3-9,12,15,21,28H,2,10-11,13-14H2,1H3,(H,29,30,31). The highest BCUT2D eigenvalue weighted by molar-refractivity contribution is 5.91. The SMILES string of the molecule is CCNc1ccc(-c2nc3c(-c4ccc(OC5CCOCC5)c(C#N)c4)ccnc3[nH]2)cc1. The van der Waals surface area contributed by atoms with Crippen LogP contribution in [-0.4, -0.2) is 40.8 Å². The Morgan fingerprint density at radius 2 is 1.91 bits per heavy atom. The maximum atomic E-state index is 9.75. The van der Waals surface area contributed by atoms with E-state index in [2.05, 4.69) is 28.3 Å². The molecule has 2 aromatic carbocycles. The Hall–Kier alpha value is -3.89. The monoisotopic (exact) mass is 439 g/mol. The van der Waals surface area contributed by atoms with E-state index >= 15 is 0 Å². The Balaban J connectivity index is 1.47. The summed E-state index contributed by atoms with van der Waals surface area (Å²) in [6.45, 7) is 4.33. The molecule has 166 valence electrons. The van der Waals surface area contributed by atoms with Gasteiger partial charge in [0.1, 0.15) is 29.3 Å². The second-order valence-corrected chi connectivity index (χ2v) is 8.00. The lowest BCUT2D eigenvalue weighted by Crippen LogP contribution is -2.26. The molecule has 3 heterocycles. The number of fused-ring (bicyclic) bond motifs is 1. The van der Waals surface area contributed by atoms with Gasteiger partial charge in [-0.3, -0.25) is 0 Å². The van der Waals surface area contributed by atoms with E-state index in [0.29, 0.717) is 30.2 Å². The van der Waals surface area contributed by atoms with Crippen molar-refractivity contribution in [2.24, 2.45) is 0 Å². The van der Waals surface area contributed by atoms with Crippen LogP contribution in [0.2, 0.25) is 0 Å². The number of ether oxygens (including phenoxy) is 2. The molecule has 4 aromatic rings. The number of hydrogen-bond acceptors (Lipinski definition) is 6. The zero-order valence-electron chi connectivity index (χ0n) is 18.5. The van der Waals surface area contributed by atoms with Gasteiger partial charge in [-0.1, -0.05) is 6.07 Å². The zero-order valence-corrected chi connectivity index (χ0v) is 18.5. The average Bonchev–Trinajstić information content (AvgIpc) is 3.30. The molecule has 0 unspecified atom stereocenters. The van der Waals surface area contributed by atoms with Crippen molar-refractivity contribution in [1.29, 1.82) is 5.26 Å². The first-order valence-corrected chi connectivity index (χ1v) is 11.2. The zero-order chi connectivity index (χ0) is 22.6. The van der Waals surface area contributed by atoms with Crippen molar-refractivity contribution in [2.45, 2.75) is 25.9 Å². The van der Waals surface area contributed by atoms with Crippen LogP contribution in [0.5, 0.6) is 5.75 Å². The number of nitrogens with one attached hydrogen (secondary N) is 2. The lowest BCUT2D eigenvalue weighted by molar-refractivity contribution is 0.0254. The summed E-state index contributed by atoms with van der Waals surface area (Å²) in [5.41, 5.74) is 5.87. The first kappa shape index (κ1) is 21.0. The Morgan fingerprint density at radius 1 is 1.12 bits per heavy atom. The van der Waals surface area contributed by atoms with Crippen molar-refractivity contribution in [2.75, 3.05) is 25.1 Å². The van der Waals surface area contributed by atoms with Crippen LogP contribution < -0.4 is 10.1 Å². The lowest BCUT2D eigenvalue weighted by Gasteiger charge is -2.23. The molecule has 0 spiro atoms. The number of nitriles is 1. The van der Waals surface area contributed by atoms with E-state index in [1.807, 2.05) is 48.5 Å². The normalized spacial score (nSPS) is 14.2. The van der Waals surface area contributed by atoms with E-state index in [9.17, 15) is 5.26 Å². The summed E-state index contributed by atoms with van der Waals surface area (Å²) < 4.78 is 11.5. The first-order valence-electron chi connectivity index (χ1n) is 11.2. The summed E-state index contributed by atoms with van der Waals surface area (Å²) >= 11 is 0. The molecule has 0 atom stereocenters. The largest absolute Gasteiger partial charge is 0.489 e. The van der Waals surface area contributed by atoms with Gasteiger partial charge in [0, 0.05) is 42.4 Å². The number of aromatic amines is 1. The van der Waals surface area contributed by atoms with Crippen LogP contribution in [0, 0.1) is 11.3 Å². The van der Waals surface area contributed by atoms with E-state index in [-0.39, 0.29) is 6.10 Å². The summed E-state index contributed by atoms with van der Waals surface area (Å²) in [6, 6.07) is 18.1. The third-order valence-electron chi connectivity index (χ3n) is 5.80. The van der Waals surface area contributed by atoms with Gasteiger partial charge < -0.3 is 19.8 Å². The molecular formula is C26H25N5O2. The fraction of sp³-hybridized carbons (Fsp3) is 0.269. The molecular weight excluding hydrogens is 414 g/mol. The Morgan fingerprint density at radius 3 is 2.67 bits per heavy atom. The number of hydrogen-bond donors (Lipinski definition) is 2. The van der Waals surface area contributed by atoms with E-state index in [1.54, 1.807) is 6.20 Å². The van der Waals surface area contributed by atoms with Crippen LogP contribution in [0.3, 0.4) is 0 Å².